The van der Waals surface area contributed by atoms with Gasteiger partial charge in [-0.05, 0) is 55.4 Å². The molecule has 2 amide bonds. The van der Waals surface area contributed by atoms with Crippen LogP contribution < -0.4 is 10.2 Å². The average molecular weight is 593 g/mol. The van der Waals surface area contributed by atoms with Gasteiger partial charge in [-0.1, -0.05) is 11.6 Å². The van der Waals surface area contributed by atoms with Gasteiger partial charge in [-0.25, -0.2) is 19.6 Å². The Morgan fingerprint density at radius 2 is 1.39 bits per heavy atom. The Morgan fingerprint density at radius 1 is 0.829 bits per heavy atom. The SMILES string of the molecule is C[C@H]1CN(C(=O)OC(C)(C)C)CCN1.C[C@H]1CN(C(=O)OC(C)(C)C)CCN1c1cnccn1.Clc1cnccn1. The van der Waals surface area contributed by atoms with Crippen molar-refractivity contribution >= 4 is 29.6 Å². The fourth-order valence-electron chi connectivity index (χ4n) is 3.94. The van der Waals surface area contributed by atoms with Crippen LogP contribution in [0.4, 0.5) is 15.4 Å². The van der Waals surface area contributed by atoms with E-state index in [1.807, 2.05) is 41.5 Å². The molecule has 2 aromatic rings. The van der Waals surface area contributed by atoms with Crippen molar-refractivity contribution in [1.82, 2.24) is 35.1 Å². The Kier molecular flexibility index (Phi) is 13.0. The maximum Gasteiger partial charge on any atom is 0.410 e. The number of nitrogens with zero attached hydrogens (tertiary/aromatic N) is 7. The quantitative estimate of drug-likeness (QED) is 0.513. The van der Waals surface area contributed by atoms with Crippen molar-refractivity contribution in [3.8, 4) is 0 Å². The zero-order valence-electron chi connectivity index (χ0n) is 25.5. The van der Waals surface area contributed by atoms with Crippen LogP contribution in [0.1, 0.15) is 55.4 Å². The minimum atomic E-state index is -0.456. The second-order valence-corrected chi connectivity index (χ2v) is 12.2. The second kappa shape index (κ2) is 15.7. The molecule has 1 N–H and O–H groups in total. The third-order valence-corrected chi connectivity index (χ3v) is 5.87. The first-order valence-electron chi connectivity index (χ1n) is 13.8. The third kappa shape index (κ3) is 13.3. The highest BCUT2D eigenvalue weighted by Gasteiger charge is 2.30. The number of carbonyl (C=O) groups is 2. The lowest BCUT2D eigenvalue weighted by molar-refractivity contribution is 0.0197. The molecule has 13 heteroatoms. The van der Waals surface area contributed by atoms with Gasteiger partial charge in [0.1, 0.15) is 22.2 Å². The summed E-state index contributed by atoms with van der Waals surface area (Å²) >= 11 is 5.37. The summed E-state index contributed by atoms with van der Waals surface area (Å²) < 4.78 is 10.7. The normalized spacial score (nSPS) is 19.2. The third-order valence-electron chi connectivity index (χ3n) is 5.68. The van der Waals surface area contributed by atoms with Crippen LogP contribution in [0.25, 0.3) is 0 Å². The molecular formula is C28H45ClN8O4. The molecule has 4 rings (SSSR count). The van der Waals surface area contributed by atoms with E-state index >= 15 is 0 Å². The summed E-state index contributed by atoms with van der Waals surface area (Å²) in [6, 6.07) is 0.546. The zero-order valence-corrected chi connectivity index (χ0v) is 26.3. The number of hydrogen-bond donors (Lipinski definition) is 1. The van der Waals surface area contributed by atoms with Gasteiger partial charge in [0.05, 0.1) is 12.4 Å². The highest BCUT2D eigenvalue weighted by Crippen LogP contribution is 2.19. The molecule has 2 aliphatic heterocycles. The van der Waals surface area contributed by atoms with Gasteiger partial charge in [0.25, 0.3) is 0 Å². The van der Waals surface area contributed by atoms with E-state index in [0.29, 0.717) is 24.3 Å². The minimum Gasteiger partial charge on any atom is -0.444 e. The molecule has 2 atom stereocenters. The summed E-state index contributed by atoms with van der Waals surface area (Å²) in [7, 11) is 0. The van der Waals surface area contributed by atoms with Gasteiger partial charge < -0.3 is 29.5 Å². The van der Waals surface area contributed by atoms with Crippen LogP contribution in [0.15, 0.2) is 37.2 Å². The molecule has 4 heterocycles. The monoisotopic (exact) mass is 592 g/mol. The lowest BCUT2D eigenvalue weighted by atomic mass is 10.2. The van der Waals surface area contributed by atoms with E-state index in [1.165, 1.54) is 6.20 Å². The average Bonchev–Trinajstić information content (AvgIpc) is 2.88. The van der Waals surface area contributed by atoms with Crippen LogP contribution in [0.3, 0.4) is 0 Å². The number of ether oxygens (including phenoxy) is 2. The standard InChI is InChI=1S/C14H22N4O2.C10H20N2O2.C4H3ClN2/c1-11-10-17(13(19)20-14(2,3)4)7-8-18(11)12-9-15-5-6-16-12;1-8-7-12(6-5-11-8)9(13)14-10(2,3)4;5-4-3-6-1-2-7-4/h5-6,9,11H,7-8,10H2,1-4H3;8,11H,5-7H2,1-4H3;1-3H/t11-;8-;/m00./s1. The lowest BCUT2D eigenvalue weighted by Gasteiger charge is -2.40. The van der Waals surface area contributed by atoms with Gasteiger partial charge in [0, 0.05) is 76.1 Å². The first-order valence-corrected chi connectivity index (χ1v) is 14.2. The number of nitrogens with one attached hydrogen (secondary N) is 1. The molecule has 0 saturated carbocycles. The zero-order chi connectivity index (χ0) is 30.6. The van der Waals surface area contributed by atoms with Gasteiger partial charge in [0.15, 0.2) is 0 Å². The number of amides is 2. The van der Waals surface area contributed by atoms with Gasteiger partial charge in [-0.3, -0.25) is 9.97 Å². The van der Waals surface area contributed by atoms with E-state index in [1.54, 1.807) is 40.8 Å². The van der Waals surface area contributed by atoms with Crippen LogP contribution in [0, 0.1) is 0 Å². The van der Waals surface area contributed by atoms with Crippen molar-refractivity contribution in [2.75, 3.05) is 44.2 Å². The van der Waals surface area contributed by atoms with Crippen molar-refractivity contribution in [3.05, 3.63) is 42.3 Å². The molecule has 2 aromatic heterocycles. The van der Waals surface area contributed by atoms with Gasteiger partial charge in [-0.15, -0.1) is 0 Å². The molecule has 0 aromatic carbocycles. The summed E-state index contributed by atoms with van der Waals surface area (Å²) in [5.74, 6) is 0.851. The second-order valence-electron chi connectivity index (χ2n) is 11.8. The maximum atomic E-state index is 12.1. The largest absolute Gasteiger partial charge is 0.444 e. The number of hydrogen-bond acceptors (Lipinski definition) is 10. The van der Waals surface area contributed by atoms with Crippen molar-refractivity contribution in [2.45, 2.75) is 78.7 Å². The number of anilines is 1. The van der Waals surface area contributed by atoms with E-state index in [-0.39, 0.29) is 18.2 Å². The molecule has 2 saturated heterocycles. The molecule has 0 unspecified atom stereocenters. The van der Waals surface area contributed by atoms with Crippen molar-refractivity contribution in [2.24, 2.45) is 0 Å². The van der Waals surface area contributed by atoms with E-state index in [4.69, 9.17) is 21.1 Å². The number of rotatable bonds is 1. The molecule has 0 bridgehead atoms. The van der Waals surface area contributed by atoms with Crippen molar-refractivity contribution < 1.29 is 19.1 Å². The minimum absolute atomic E-state index is 0.188. The highest BCUT2D eigenvalue weighted by atomic mass is 35.5. The van der Waals surface area contributed by atoms with Crippen LogP contribution >= 0.6 is 11.6 Å². The molecule has 41 heavy (non-hydrogen) atoms. The number of aromatic nitrogens is 4. The number of piperazine rings is 2. The summed E-state index contributed by atoms with van der Waals surface area (Å²) in [5, 5.41) is 3.71. The van der Waals surface area contributed by atoms with E-state index in [2.05, 4.69) is 44.0 Å². The molecule has 2 aliphatic rings. The van der Waals surface area contributed by atoms with Gasteiger partial charge >= 0.3 is 12.2 Å². The molecule has 0 aliphatic carbocycles. The van der Waals surface area contributed by atoms with E-state index < -0.39 is 11.2 Å². The smallest absolute Gasteiger partial charge is 0.410 e. The van der Waals surface area contributed by atoms with Gasteiger partial charge in [0.2, 0.25) is 0 Å². The van der Waals surface area contributed by atoms with E-state index in [0.717, 1.165) is 32.0 Å². The fourth-order valence-corrected chi connectivity index (χ4v) is 4.05. The number of halogens is 1. The number of carbonyl (C=O) groups excluding carboxylic acids is 2. The first-order chi connectivity index (χ1) is 19.1. The Bertz CT molecular complexity index is 1070. The lowest BCUT2D eigenvalue weighted by Crippen LogP contribution is -2.54. The molecule has 0 spiro atoms. The van der Waals surface area contributed by atoms with Crippen LogP contribution in [-0.4, -0.2) is 104 Å². The summed E-state index contributed by atoms with van der Waals surface area (Å²) in [6.45, 7) is 19.7. The Hall–Kier alpha value is -3.25. The summed E-state index contributed by atoms with van der Waals surface area (Å²) in [4.78, 5) is 45.1. The Morgan fingerprint density at radius 3 is 1.80 bits per heavy atom. The van der Waals surface area contributed by atoms with Gasteiger partial charge in [-0.2, -0.15) is 0 Å². The summed E-state index contributed by atoms with van der Waals surface area (Å²) in [5.41, 5.74) is -0.854. The Labute approximate surface area is 248 Å². The first kappa shape index (κ1) is 34.0. The molecule has 12 nitrogen and oxygen atoms in total. The topological polar surface area (TPSA) is 126 Å². The maximum absolute atomic E-state index is 12.1. The van der Waals surface area contributed by atoms with Crippen molar-refractivity contribution in [3.63, 3.8) is 0 Å². The Balaban J connectivity index is 0.000000241. The van der Waals surface area contributed by atoms with Crippen LogP contribution in [0.2, 0.25) is 5.15 Å². The molecule has 2 fully saturated rings. The fraction of sp³-hybridized carbons (Fsp3) is 0.643. The highest BCUT2D eigenvalue weighted by molar-refractivity contribution is 6.29. The van der Waals surface area contributed by atoms with Crippen LogP contribution in [0.5, 0.6) is 0 Å². The molecule has 0 radical (unpaired) electrons. The summed E-state index contributed by atoms with van der Waals surface area (Å²) in [6.07, 6.45) is 9.25. The van der Waals surface area contributed by atoms with Crippen molar-refractivity contribution in [1.29, 1.82) is 0 Å². The van der Waals surface area contributed by atoms with Crippen LogP contribution in [-0.2, 0) is 9.47 Å². The predicted octanol–water partition coefficient (Wildman–Crippen LogP) is 4.27. The molecular weight excluding hydrogens is 548 g/mol. The van der Waals surface area contributed by atoms with E-state index in [9.17, 15) is 9.59 Å². The molecule has 228 valence electrons. The predicted molar refractivity (Wildman–Crippen MR) is 159 cm³/mol.